The van der Waals surface area contributed by atoms with Gasteiger partial charge < -0.3 is 5.32 Å². The summed E-state index contributed by atoms with van der Waals surface area (Å²) in [4.78, 5) is 0. The van der Waals surface area contributed by atoms with Crippen molar-refractivity contribution in [3.8, 4) is 0 Å². The first-order valence-electron chi connectivity index (χ1n) is 6.42. The van der Waals surface area contributed by atoms with Gasteiger partial charge in [0.1, 0.15) is 0 Å². The summed E-state index contributed by atoms with van der Waals surface area (Å²) in [5, 5.41) is 11.4. The lowest BCUT2D eigenvalue weighted by molar-refractivity contribution is 0.487. The second-order valence-corrected chi connectivity index (χ2v) is 5.66. The number of nitrogens with one attached hydrogen (secondary N) is 1. The van der Waals surface area contributed by atoms with E-state index in [0.29, 0.717) is 5.92 Å². The third-order valence-electron chi connectivity index (χ3n) is 3.11. The molecule has 1 aromatic heterocycles. The fourth-order valence-electron chi connectivity index (χ4n) is 2.26. The van der Waals surface area contributed by atoms with E-state index in [1.165, 1.54) is 10.0 Å². The molecule has 0 fully saturated rings. The molecular weight excluding hydrogens is 304 g/mol. The standard InChI is InChI=1S/C14H19BrN4/c1-16-9-11(8-13-10-19(2)18-17-13)7-12-5-3-4-6-14(12)15/h3-6,10-11,16H,7-9H2,1-2H3. The van der Waals surface area contributed by atoms with Crippen LogP contribution in [0.2, 0.25) is 0 Å². The van der Waals surface area contributed by atoms with Crippen molar-refractivity contribution >= 4 is 15.9 Å². The molecule has 5 heteroatoms. The fourth-order valence-corrected chi connectivity index (χ4v) is 2.71. The molecule has 4 nitrogen and oxygen atoms in total. The predicted molar refractivity (Wildman–Crippen MR) is 80.0 cm³/mol. The van der Waals surface area contributed by atoms with Crippen LogP contribution in [0, 0.1) is 5.92 Å². The molecule has 0 aliphatic heterocycles. The van der Waals surface area contributed by atoms with Crippen molar-refractivity contribution in [1.82, 2.24) is 20.3 Å². The first-order chi connectivity index (χ1) is 9.19. The minimum absolute atomic E-state index is 0.514. The maximum atomic E-state index is 4.18. The molecule has 1 atom stereocenters. The van der Waals surface area contributed by atoms with E-state index < -0.39 is 0 Å². The predicted octanol–water partition coefficient (Wildman–Crippen LogP) is 2.20. The Morgan fingerprint density at radius 2 is 2.11 bits per heavy atom. The van der Waals surface area contributed by atoms with Crippen LogP contribution in [-0.2, 0) is 19.9 Å². The van der Waals surface area contributed by atoms with Crippen LogP contribution in [0.4, 0.5) is 0 Å². The van der Waals surface area contributed by atoms with E-state index in [-0.39, 0.29) is 0 Å². The Morgan fingerprint density at radius 1 is 1.32 bits per heavy atom. The molecule has 0 amide bonds. The highest BCUT2D eigenvalue weighted by atomic mass is 79.9. The van der Waals surface area contributed by atoms with Gasteiger partial charge in [-0.25, -0.2) is 0 Å². The molecule has 1 unspecified atom stereocenters. The Kier molecular flexibility index (Phi) is 5.10. The van der Waals surface area contributed by atoms with Gasteiger partial charge in [-0.15, -0.1) is 5.10 Å². The number of benzene rings is 1. The summed E-state index contributed by atoms with van der Waals surface area (Å²) in [5.41, 5.74) is 2.39. The van der Waals surface area contributed by atoms with Gasteiger partial charge in [0, 0.05) is 17.7 Å². The Bertz CT molecular complexity index is 524. The fraction of sp³-hybridized carbons (Fsp3) is 0.429. The Hall–Kier alpha value is -1.20. The number of hydrogen-bond acceptors (Lipinski definition) is 3. The van der Waals surface area contributed by atoms with Crippen LogP contribution in [0.5, 0.6) is 0 Å². The topological polar surface area (TPSA) is 42.7 Å². The van der Waals surface area contributed by atoms with Crippen molar-refractivity contribution in [2.45, 2.75) is 12.8 Å². The van der Waals surface area contributed by atoms with Gasteiger partial charge in [-0.1, -0.05) is 39.3 Å². The molecule has 0 radical (unpaired) electrons. The summed E-state index contributed by atoms with van der Waals surface area (Å²) in [6.07, 6.45) is 3.96. The molecule has 0 aliphatic carbocycles. The average molecular weight is 323 g/mol. The van der Waals surface area contributed by atoms with Crippen molar-refractivity contribution in [3.05, 3.63) is 46.2 Å². The molecule has 0 saturated carbocycles. The molecule has 0 aliphatic rings. The number of rotatable bonds is 6. The number of halogens is 1. The summed E-state index contributed by atoms with van der Waals surface area (Å²) >= 11 is 3.61. The van der Waals surface area contributed by atoms with Crippen LogP contribution in [0.1, 0.15) is 11.3 Å². The Morgan fingerprint density at radius 3 is 2.74 bits per heavy atom. The minimum atomic E-state index is 0.514. The first-order valence-corrected chi connectivity index (χ1v) is 7.21. The van der Waals surface area contributed by atoms with Gasteiger partial charge in [0.2, 0.25) is 0 Å². The third-order valence-corrected chi connectivity index (χ3v) is 3.88. The molecule has 0 saturated heterocycles. The van der Waals surface area contributed by atoms with Crippen molar-refractivity contribution in [1.29, 1.82) is 0 Å². The largest absolute Gasteiger partial charge is 0.319 e. The van der Waals surface area contributed by atoms with Crippen molar-refractivity contribution < 1.29 is 0 Å². The van der Waals surface area contributed by atoms with E-state index in [1.54, 1.807) is 4.68 Å². The second kappa shape index (κ2) is 6.82. The first kappa shape index (κ1) is 14.2. The zero-order chi connectivity index (χ0) is 13.7. The summed E-state index contributed by atoms with van der Waals surface area (Å²) in [6.45, 7) is 0.970. The molecular formula is C14H19BrN4. The molecule has 102 valence electrons. The molecule has 2 aromatic rings. The van der Waals surface area contributed by atoms with Crippen LogP contribution in [0.25, 0.3) is 0 Å². The Labute approximate surface area is 122 Å². The van der Waals surface area contributed by atoms with E-state index in [0.717, 1.165) is 25.1 Å². The maximum Gasteiger partial charge on any atom is 0.0830 e. The molecule has 2 rings (SSSR count). The number of aryl methyl sites for hydroxylation is 1. The van der Waals surface area contributed by atoms with Gasteiger partial charge in [0.05, 0.1) is 5.69 Å². The molecule has 0 bridgehead atoms. The lowest BCUT2D eigenvalue weighted by Crippen LogP contribution is -2.23. The number of hydrogen-bond donors (Lipinski definition) is 1. The van der Waals surface area contributed by atoms with Crippen molar-refractivity contribution in [3.63, 3.8) is 0 Å². The highest BCUT2D eigenvalue weighted by Gasteiger charge is 2.13. The molecule has 0 spiro atoms. The number of nitrogens with zero attached hydrogens (tertiary/aromatic N) is 3. The van der Waals surface area contributed by atoms with Gasteiger partial charge >= 0.3 is 0 Å². The van der Waals surface area contributed by atoms with E-state index in [1.807, 2.05) is 26.4 Å². The van der Waals surface area contributed by atoms with Crippen LogP contribution in [-0.4, -0.2) is 28.6 Å². The van der Waals surface area contributed by atoms with Crippen molar-refractivity contribution in [2.75, 3.05) is 13.6 Å². The van der Waals surface area contributed by atoms with Crippen LogP contribution in [0.15, 0.2) is 34.9 Å². The summed E-state index contributed by atoms with van der Waals surface area (Å²) in [5.74, 6) is 0.514. The smallest absolute Gasteiger partial charge is 0.0830 e. The van der Waals surface area contributed by atoms with Crippen LogP contribution >= 0.6 is 15.9 Å². The van der Waals surface area contributed by atoms with Crippen LogP contribution in [0.3, 0.4) is 0 Å². The van der Waals surface area contributed by atoms with E-state index in [2.05, 4.69) is 49.8 Å². The van der Waals surface area contributed by atoms with Gasteiger partial charge in [-0.05, 0) is 44.0 Å². The van der Waals surface area contributed by atoms with Crippen LogP contribution < -0.4 is 5.32 Å². The summed E-state index contributed by atoms with van der Waals surface area (Å²) < 4.78 is 2.93. The summed E-state index contributed by atoms with van der Waals surface area (Å²) in [7, 11) is 3.89. The van der Waals surface area contributed by atoms with E-state index in [9.17, 15) is 0 Å². The Balaban J connectivity index is 2.06. The lowest BCUT2D eigenvalue weighted by Gasteiger charge is -2.16. The van der Waals surface area contributed by atoms with E-state index in [4.69, 9.17) is 0 Å². The van der Waals surface area contributed by atoms with Gasteiger partial charge in [0.15, 0.2) is 0 Å². The quantitative estimate of drug-likeness (QED) is 0.886. The SMILES string of the molecule is CNCC(Cc1cn(C)nn1)Cc1ccccc1Br. The van der Waals surface area contributed by atoms with Crippen molar-refractivity contribution in [2.24, 2.45) is 13.0 Å². The highest BCUT2D eigenvalue weighted by Crippen LogP contribution is 2.21. The monoisotopic (exact) mass is 322 g/mol. The average Bonchev–Trinajstić information content (AvgIpc) is 2.78. The number of aromatic nitrogens is 3. The molecule has 1 aromatic carbocycles. The van der Waals surface area contributed by atoms with Gasteiger partial charge in [0.25, 0.3) is 0 Å². The molecule has 1 N–H and O–H groups in total. The highest BCUT2D eigenvalue weighted by molar-refractivity contribution is 9.10. The maximum absolute atomic E-state index is 4.18. The van der Waals surface area contributed by atoms with E-state index >= 15 is 0 Å². The lowest BCUT2D eigenvalue weighted by atomic mass is 9.95. The zero-order valence-corrected chi connectivity index (χ0v) is 12.9. The summed E-state index contributed by atoms with van der Waals surface area (Å²) in [6, 6.07) is 8.39. The molecule has 1 heterocycles. The minimum Gasteiger partial charge on any atom is -0.319 e. The van der Waals surface area contributed by atoms with Gasteiger partial charge in [-0.2, -0.15) is 0 Å². The zero-order valence-electron chi connectivity index (χ0n) is 11.3. The second-order valence-electron chi connectivity index (χ2n) is 4.81. The normalized spacial score (nSPS) is 12.6. The molecule has 19 heavy (non-hydrogen) atoms. The van der Waals surface area contributed by atoms with Gasteiger partial charge in [-0.3, -0.25) is 4.68 Å². The third kappa shape index (κ3) is 4.14.